The predicted octanol–water partition coefficient (Wildman–Crippen LogP) is 2.52. The number of fused-ring (bicyclic) bond motifs is 5. The molecule has 6 fully saturated rings. The van der Waals surface area contributed by atoms with Crippen LogP contribution in [0.1, 0.15) is 71.6 Å². The first-order valence-corrected chi connectivity index (χ1v) is 16.5. The largest absolute Gasteiger partial charge is 0.458 e. The van der Waals surface area contributed by atoms with E-state index in [0.717, 1.165) is 56.3 Å². The topological polar surface area (TPSA) is 131 Å². The Morgan fingerprint density at radius 3 is 2.68 bits per heavy atom. The fourth-order valence-corrected chi connectivity index (χ4v) is 11.9. The maximum atomic E-state index is 13.4. The maximum Gasteiger partial charge on any atom is 0.331 e. The van der Waals surface area contributed by atoms with Crippen molar-refractivity contribution in [1.82, 2.24) is 5.32 Å². The molecule has 1 spiro atoms. The number of cyclic esters (lactones) is 1. The molecule has 0 bridgehead atoms. The third kappa shape index (κ3) is 4.03. The molecule has 41 heavy (non-hydrogen) atoms. The minimum Gasteiger partial charge on any atom is -0.458 e. The molecule has 3 heterocycles. The number of hydrogen-bond acceptors (Lipinski definition) is 10. The van der Waals surface area contributed by atoms with Gasteiger partial charge in [0.1, 0.15) is 17.8 Å². The van der Waals surface area contributed by atoms with E-state index in [1.165, 1.54) is 0 Å². The first-order valence-electron chi connectivity index (χ1n) is 15.5. The molecular weight excluding hydrogens is 546 g/mol. The Hall–Kier alpha value is -1.30. The van der Waals surface area contributed by atoms with Crippen LogP contribution in [0.4, 0.5) is 0 Å². The highest BCUT2D eigenvalue weighted by Crippen LogP contribution is 2.69. The standard InChI is InChI=1S/C31H43NO8S/c1-17-13-31(32-9-10-41-31)26(36)27(39-17)40-24-12-19-3-4-22-21(29(19,16-33)14-23(24)34)5-7-28(2)20(6-8-30(22,28)37)18-11-25(35)38-15-18/h11,16-17,19-24,27,32,34,37H,3-10,12-15H2,1-2H3. The van der Waals surface area contributed by atoms with E-state index < -0.39 is 34.4 Å². The Bertz CT molecular complexity index is 1150. The Kier molecular flexibility index (Phi) is 6.84. The van der Waals surface area contributed by atoms with Gasteiger partial charge in [-0.05, 0) is 87.5 Å². The van der Waals surface area contributed by atoms with Gasteiger partial charge in [-0.25, -0.2) is 4.79 Å². The van der Waals surface area contributed by atoms with Crippen molar-refractivity contribution in [3.05, 3.63) is 11.6 Å². The molecule has 0 aromatic rings. The molecule has 0 radical (unpaired) electrons. The number of esters is 1. The summed E-state index contributed by atoms with van der Waals surface area (Å²) in [6, 6.07) is 0. The zero-order valence-corrected chi connectivity index (χ0v) is 24.8. The molecule has 3 aliphatic heterocycles. The highest BCUT2D eigenvalue weighted by atomic mass is 32.2. The van der Waals surface area contributed by atoms with Crippen LogP contribution in [-0.2, 0) is 28.6 Å². The van der Waals surface area contributed by atoms with E-state index in [1.807, 2.05) is 6.92 Å². The van der Waals surface area contributed by atoms with Gasteiger partial charge in [-0.3, -0.25) is 10.1 Å². The number of rotatable bonds is 4. The molecule has 226 valence electrons. The van der Waals surface area contributed by atoms with Crippen LogP contribution in [0.3, 0.4) is 0 Å². The van der Waals surface area contributed by atoms with Crippen molar-refractivity contribution in [1.29, 1.82) is 0 Å². The molecule has 12 unspecified atom stereocenters. The van der Waals surface area contributed by atoms with Crippen LogP contribution in [0.15, 0.2) is 11.6 Å². The first-order chi connectivity index (χ1) is 19.6. The quantitative estimate of drug-likeness (QED) is 0.255. The summed E-state index contributed by atoms with van der Waals surface area (Å²) < 4.78 is 17.5. The average Bonchev–Trinajstić information content (AvgIpc) is 3.65. The number of ether oxygens (including phenoxy) is 3. The minimum absolute atomic E-state index is 0.00687. The smallest absolute Gasteiger partial charge is 0.331 e. The summed E-state index contributed by atoms with van der Waals surface area (Å²) in [5.41, 5.74) is -1.08. The summed E-state index contributed by atoms with van der Waals surface area (Å²) in [5.74, 6) is 0.457. The molecule has 4 saturated carbocycles. The number of thioether (sulfide) groups is 1. The number of aliphatic hydroxyl groups is 2. The molecule has 10 heteroatoms. The lowest BCUT2D eigenvalue weighted by molar-refractivity contribution is -0.250. The molecule has 0 amide bonds. The Morgan fingerprint density at radius 2 is 1.98 bits per heavy atom. The second-order valence-electron chi connectivity index (χ2n) is 14.1. The summed E-state index contributed by atoms with van der Waals surface area (Å²) in [7, 11) is 0. The lowest BCUT2D eigenvalue weighted by atomic mass is 9.43. The van der Waals surface area contributed by atoms with E-state index in [4.69, 9.17) is 14.2 Å². The van der Waals surface area contributed by atoms with E-state index in [9.17, 15) is 24.6 Å². The lowest BCUT2D eigenvalue weighted by Crippen LogP contribution is -2.65. The number of carbonyl (C=O) groups excluding carboxylic acids is 3. The minimum atomic E-state index is -1.04. The van der Waals surface area contributed by atoms with Gasteiger partial charge in [-0.2, -0.15) is 0 Å². The first kappa shape index (κ1) is 28.5. The van der Waals surface area contributed by atoms with Gasteiger partial charge in [0.05, 0.1) is 23.9 Å². The third-order valence-electron chi connectivity index (χ3n) is 12.5. The number of aliphatic hydroxyl groups excluding tert-OH is 1. The van der Waals surface area contributed by atoms with Crippen molar-refractivity contribution in [2.24, 2.45) is 34.5 Å². The summed E-state index contributed by atoms with van der Waals surface area (Å²) in [4.78, 5) is 37.7. The summed E-state index contributed by atoms with van der Waals surface area (Å²) >= 11 is 1.61. The van der Waals surface area contributed by atoms with Crippen molar-refractivity contribution in [2.45, 2.75) is 107 Å². The van der Waals surface area contributed by atoms with Gasteiger partial charge in [0.15, 0.2) is 0 Å². The van der Waals surface area contributed by atoms with Crippen LogP contribution in [-0.4, -0.2) is 82.2 Å². The molecule has 0 aromatic carbocycles. The van der Waals surface area contributed by atoms with Crippen LogP contribution in [0, 0.1) is 34.5 Å². The number of aldehydes is 1. The van der Waals surface area contributed by atoms with Crippen LogP contribution < -0.4 is 5.32 Å². The third-order valence-corrected chi connectivity index (χ3v) is 13.9. The van der Waals surface area contributed by atoms with Crippen LogP contribution in [0.2, 0.25) is 0 Å². The molecule has 9 nitrogen and oxygen atoms in total. The summed E-state index contributed by atoms with van der Waals surface area (Å²) in [6.07, 6.45) is 5.91. The summed E-state index contributed by atoms with van der Waals surface area (Å²) in [5, 5.41) is 27.3. The van der Waals surface area contributed by atoms with Gasteiger partial charge in [0.2, 0.25) is 12.1 Å². The van der Waals surface area contributed by atoms with Crippen LogP contribution in [0.25, 0.3) is 0 Å². The van der Waals surface area contributed by atoms with Crippen LogP contribution in [0.5, 0.6) is 0 Å². The lowest BCUT2D eigenvalue weighted by Gasteiger charge is -2.63. The Balaban J connectivity index is 1.11. The molecule has 4 aliphatic carbocycles. The molecular formula is C31H43NO8S. The fourth-order valence-electron chi connectivity index (χ4n) is 10.5. The summed E-state index contributed by atoms with van der Waals surface area (Å²) in [6.45, 7) is 5.18. The number of Topliss-reactive ketones (excluding diaryl/α,β-unsaturated/α-hetero) is 1. The fraction of sp³-hybridized carbons (Fsp3) is 0.839. The van der Waals surface area contributed by atoms with E-state index in [1.54, 1.807) is 17.8 Å². The SMILES string of the molecule is CC1CC2(NCCS2)C(=O)C(OC2CC3CCC4C(CCC5(C)C(C6=CC(=O)OC6)CCC45O)C3(C=O)CC2O)O1. The molecule has 12 atom stereocenters. The number of ketones is 1. The van der Waals surface area contributed by atoms with Crippen molar-refractivity contribution in [3.63, 3.8) is 0 Å². The zero-order chi connectivity index (χ0) is 28.8. The van der Waals surface area contributed by atoms with Crippen molar-refractivity contribution < 1.29 is 38.8 Å². The van der Waals surface area contributed by atoms with E-state index in [0.29, 0.717) is 25.9 Å². The van der Waals surface area contributed by atoms with Gasteiger partial charge in [-0.15, -0.1) is 11.8 Å². The zero-order valence-electron chi connectivity index (χ0n) is 24.0. The Labute approximate surface area is 245 Å². The Morgan fingerprint density at radius 1 is 1.15 bits per heavy atom. The predicted molar refractivity (Wildman–Crippen MR) is 150 cm³/mol. The molecule has 7 rings (SSSR count). The van der Waals surface area contributed by atoms with Gasteiger partial charge >= 0.3 is 5.97 Å². The normalized spacial score (nSPS) is 52.9. The maximum absolute atomic E-state index is 13.4. The van der Waals surface area contributed by atoms with Crippen molar-refractivity contribution in [3.8, 4) is 0 Å². The molecule has 0 aromatic heterocycles. The molecule has 3 N–H and O–H groups in total. The van der Waals surface area contributed by atoms with E-state index in [2.05, 4.69) is 12.2 Å². The monoisotopic (exact) mass is 589 g/mol. The molecule has 7 aliphatic rings. The van der Waals surface area contributed by atoms with Gasteiger partial charge in [0, 0.05) is 35.6 Å². The number of hydrogen-bond donors (Lipinski definition) is 3. The van der Waals surface area contributed by atoms with Crippen molar-refractivity contribution >= 4 is 29.8 Å². The number of carbonyl (C=O) groups is 3. The van der Waals surface area contributed by atoms with Gasteiger partial charge < -0.3 is 29.2 Å². The van der Waals surface area contributed by atoms with Gasteiger partial charge in [-0.1, -0.05) is 6.92 Å². The van der Waals surface area contributed by atoms with Crippen molar-refractivity contribution in [2.75, 3.05) is 18.9 Å². The number of nitrogens with one attached hydrogen (secondary N) is 1. The van der Waals surface area contributed by atoms with E-state index >= 15 is 0 Å². The van der Waals surface area contributed by atoms with E-state index in [-0.39, 0.29) is 53.4 Å². The second-order valence-corrected chi connectivity index (χ2v) is 15.5. The molecule has 2 saturated heterocycles. The van der Waals surface area contributed by atoms with Gasteiger partial charge in [0.25, 0.3) is 0 Å². The highest BCUT2D eigenvalue weighted by Gasteiger charge is 2.69. The second kappa shape index (κ2) is 9.86. The highest BCUT2D eigenvalue weighted by molar-refractivity contribution is 8.01. The average molecular weight is 590 g/mol. The van der Waals surface area contributed by atoms with Crippen LogP contribution >= 0.6 is 11.8 Å².